The smallest absolute Gasteiger partial charge is 0.269 e. The van der Waals surface area contributed by atoms with E-state index >= 15 is 0 Å². The normalized spacial score (nSPS) is 16.7. The van der Waals surface area contributed by atoms with Crippen LogP contribution in [0, 0.1) is 0 Å². The Morgan fingerprint density at radius 3 is 2.58 bits per heavy atom. The summed E-state index contributed by atoms with van der Waals surface area (Å²) in [6, 6.07) is 0. The molecular weight excluding hydrogens is 350 g/mol. The average Bonchev–Trinajstić information content (AvgIpc) is 2.88. The van der Waals surface area contributed by atoms with Gasteiger partial charge in [-0.1, -0.05) is 31.1 Å². The van der Waals surface area contributed by atoms with Gasteiger partial charge in [-0.2, -0.15) is 0 Å². The molecule has 0 aromatic carbocycles. The van der Waals surface area contributed by atoms with Crippen LogP contribution in [0.3, 0.4) is 0 Å². The lowest BCUT2D eigenvalue weighted by atomic mass is 10.2. The molecule has 0 atom stereocenters. The topological polar surface area (TPSA) is 104 Å². The Hall–Kier alpha value is -1.10. The first-order valence-corrected chi connectivity index (χ1v) is 10.7. The number of nitrogens with one attached hydrogen (secondary N) is 2. The molecule has 1 amide bonds. The van der Waals surface area contributed by atoms with Crippen LogP contribution in [-0.4, -0.2) is 55.6 Å². The molecule has 2 heterocycles. The van der Waals surface area contributed by atoms with E-state index in [1.165, 1.54) is 25.7 Å². The molecule has 8 nitrogen and oxygen atoms in total. The summed E-state index contributed by atoms with van der Waals surface area (Å²) in [7, 11) is -3.67. The molecule has 1 aliphatic heterocycles. The number of anilines is 1. The number of hydrogen-bond donors (Lipinski definition) is 2. The number of likely N-dealkylation sites (tertiary alicyclic amines) is 1. The predicted molar refractivity (Wildman–Crippen MR) is 93.5 cm³/mol. The van der Waals surface area contributed by atoms with Crippen LogP contribution in [0.2, 0.25) is 0 Å². The Bertz CT molecular complexity index is 624. The molecule has 1 saturated heterocycles. The van der Waals surface area contributed by atoms with Crippen molar-refractivity contribution in [1.29, 1.82) is 0 Å². The Kier molecular flexibility index (Phi) is 7.53. The minimum atomic E-state index is -3.67. The summed E-state index contributed by atoms with van der Waals surface area (Å²) in [4.78, 5) is 13.7. The Balaban J connectivity index is 1.77. The van der Waals surface area contributed by atoms with E-state index in [1.54, 1.807) is 6.92 Å². The predicted octanol–water partition coefficient (Wildman–Crippen LogP) is 1.43. The number of rotatable bonds is 8. The molecule has 10 heteroatoms. The van der Waals surface area contributed by atoms with E-state index in [0.29, 0.717) is 13.0 Å². The summed E-state index contributed by atoms with van der Waals surface area (Å²) < 4.78 is 26.8. The highest BCUT2D eigenvalue weighted by atomic mass is 32.2. The summed E-state index contributed by atoms with van der Waals surface area (Å²) in [6.45, 7) is 5.18. The van der Waals surface area contributed by atoms with Gasteiger partial charge in [0.15, 0.2) is 0 Å². The zero-order valence-corrected chi connectivity index (χ0v) is 15.6. The van der Waals surface area contributed by atoms with E-state index in [-0.39, 0.29) is 15.4 Å². The van der Waals surface area contributed by atoms with Gasteiger partial charge in [0.1, 0.15) is 0 Å². The van der Waals surface area contributed by atoms with Gasteiger partial charge in [0.05, 0.1) is 0 Å². The molecule has 1 aliphatic rings. The Morgan fingerprint density at radius 2 is 1.92 bits per heavy atom. The van der Waals surface area contributed by atoms with Crippen LogP contribution in [0.4, 0.5) is 5.13 Å². The lowest BCUT2D eigenvalue weighted by molar-refractivity contribution is -0.115. The second-order valence-electron chi connectivity index (χ2n) is 5.78. The summed E-state index contributed by atoms with van der Waals surface area (Å²) in [6.07, 6.45) is 6.09. The molecule has 0 unspecified atom stereocenters. The average molecular weight is 376 g/mol. The molecule has 24 heavy (non-hydrogen) atoms. The van der Waals surface area contributed by atoms with Crippen LogP contribution < -0.4 is 10.0 Å². The van der Waals surface area contributed by atoms with Crippen molar-refractivity contribution in [2.75, 3.05) is 31.5 Å². The van der Waals surface area contributed by atoms with Gasteiger partial charge in [0.25, 0.3) is 10.0 Å². The van der Waals surface area contributed by atoms with Crippen LogP contribution in [0.15, 0.2) is 4.34 Å². The maximum absolute atomic E-state index is 12.2. The van der Waals surface area contributed by atoms with Gasteiger partial charge in [-0.3, -0.25) is 4.79 Å². The third kappa shape index (κ3) is 6.08. The van der Waals surface area contributed by atoms with Crippen LogP contribution in [-0.2, 0) is 14.8 Å². The van der Waals surface area contributed by atoms with Crippen molar-refractivity contribution >= 4 is 32.4 Å². The number of aromatic nitrogens is 2. The van der Waals surface area contributed by atoms with E-state index in [9.17, 15) is 13.2 Å². The molecule has 0 radical (unpaired) electrons. The van der Waals surface area contributed by atoms with Gasteiger partial charge in [0, 0.05) is 13.0 Å². The quantitative estimate of drug-likeness (QED) is 0.526. The number of carbonyl (C=O) groups is 1. The van der Waals surface area contributed by atoms with E-state index in [2.05, 4.69) is 25.1 Å². The molecule has 0 aliphatic carbocycles. The highest BCUT2D eigenvalue weighted by molar-refractivity contribution is 7.91. The van der Waals surface area contributed by atoms with E-state index in [4.69, 9.17) is 0 Å². The fraction of sp³-hybridized carbons (Fsp3) is 0.786. The van der Waals surface area contributed by atoms with Crippen molar-refractivity contribution in [2.24, 2.45) is 0 Å². The Morgan fingerprint density at radius 1 is 1.21 bits per heavy atom. The molecule has 0 bridgehead atoms. The second-order valence-corrected chi connectivity index (χ2v) is 8.70. The zero-order chi connectivity index (χ0) is 17.4. The monoisotopic (exact) mass is 375 g/mol. The highest BCUT2D eigenvalue weighted by Crippen LogP contribution is 2.19. The highest BCUT2D eigenvalue weighted by Gasteiger charge is 2.20. The summed E-state index contributed by atoms with van der Waals surface area (Å²) in [5.74, 6) is -0.222. The van der Waals surface area contributed by atoms with Crippen molar-refractivity contribution < 1.29 is 13.2 Å². The number of nitrogens with zero attached hydrogens (tertiary/aromatic N) is 3. The van der Waals surface area contributed by atoms with E-state index in [1.807, 2.05) is 0 Å². The van der Waals surface area contributed by atoms with Crippen molar-refractivity contribution in [1.82, 2.24) is 19.8 Å². The fourth-order valence-corrected chi connectivity index (χ4v) is 4.54. The third-order valence-electron chi connectivity index (χ3n) is 3.85. The summed E-state index contributed by atoms with van der Waals surface area (Å²) in [5.41, 5.74) is 0. The maximum atomic E-state index is 12.2. The summed E-state index contributed by atoms with van der Waals surface area (Å²) >= 11 is 0.857. The SMILES string of the molecule is CCC(=O)Nc1nnc(S(=O)(=O)NCCCN2CCCCCC2)s1. The maximum Gasteiger partial charge on any atom is 0.269 e. The van der Waals surface area contributed by atoms with Gasteiger partial charge in [0.2, 0.25) is 15.4 Å². The van der Waals surface area contributed by atoms with Crippen LogP contribution in [0.25, 0.3) is 0 Å². The van der Waals surface area contributed by atoms with Gasteiger partial charge in [-0.05, 0) is 38.9 Å². The molecule has 136 valence electrons. The minimum Gasteiger partial charge on any atom is -0.303 e. The van der Waals surface area contributed by atoms with Crippen molar-refractivity contribution in [3.8, 4) is 0 Å². The van der Waals surface area contributed by atoms with Gasteiger partial charge in [-0.15, -0.1) is 10.2 Å². The van der Waals surface area contributed by atoms with Gasteiger partial charge < -0.3 is 10.2 Å². The summed E-state index contributed by atoms with van der Waals surface area (Å²) in [5, 5.41) is 10.0. The zero-order valence-electron chi connectivity index (χ0n) is 14.0. The van der Waals surface area contributed by atoms with Crippen LogP contribution in [0.1, 0.15) is 45.4 Å². The van der Waals surface area contributed by atoms with Crippen LogP contribution in [0.5, 0.6) is 0 Å². The third-order valence-corrected chi connectivity index (χ3v) is 6.51. The van der Waals surface area contributed by atoms with Gasteiger partial charge in [-0.25, -0.2) is 13.1 Å². The molecule has 1 aromatic rings. The standard InChI is InChI=1S/C14H25N5O3S2/c1-2-12(20)16-13-17-18-14(23-13)24(21,22)15-8-7-11-19-9-5-3-4-6-10-19/h15H,2-11H2,1H3,(H,16,17,20). The number of hydrogen-bond acceptors (Lipinski definition) is 7. The lowest BCUT2D eigenvalue weighted by Crippen LogP contribution is -2.30. The first-order valence-electron chi connectivity index (χ1n) is 8.36. The van der Waals surface area contributed by atoms with Crippen molar-refractivity contribution in [2.45, 2.75) is 49.8 Å². The number of carbonyl (C=O) groups excluding carboxylic acids is 1. The minimum absolute atomic E-state index is 0.122. The molecule has 2 N–H and O–H groups in total. The van der Waals surface area contributed by atoms with E-state index < -0.39 is 10.0 Å². The number of sulfonamides is 1. The largest absolute Gasteiger partial charge is 0.303 e. The second kappa shape index (κ2) is 9.40. The molecule has 0 spiro atoms. The van der Waals surface area contributed by atoms with Crippen molar-refractivity contribution in [3.63, 3.8) is 0 Å². The van der Waals surface area contributed by atoms with E-state index in [0.717, 1.165) is 37.4 Å². The molecule has 0 saturated carbocycles. The molecule has 2 rings (SSSR count). The fourth-order valence-electron chi connectivity index (χ4n) is 2.51. The molecule has 1 aromatic heterocycles. The molecule has 1 fully saturated rings. The molecular formula is C14H25N5O3S2. The van der Waals surface area contributed by atoms with Crippen molar-refractivity contribution in [3.05, 3.63) is 0 Å². The first-order chi connectivity index (χ1) is 11.5. The Labute approximate surface area is 147 Å². The van der Waals surface area contributed by atoms with Gasteiger partial charge >= 0.3 is 0 Å². The lowest BCUT2D eigenvalue weighted by Gasteiger charge is -2.19. The van der Waals surface area contributed by atoms with Crippen LogP contribution >= 0.6 is 11.3 Å². The first kappa shape index (κ1) is 19.2. The number of amides is 1.